The number of anilines is 1. The molecule has 0 aliphatic carbocycles. The highest BCUT2D eigenvalue weighted by molar-refractivity contribution is 5.92. The van der Waals surface area contributed by atoms with E-state index in [-0.39, 0.29) is 24.7 Å². The lowest BCUT2D eigenvalue weighted by Crippen LogP contribution is -2.14. The summed E-state index contributed by atoms with van der Waals surface area (Å²) in [4.78, 5) is 23.8. The normalized spacial score (nSPS) is 10.1. The molecule has 0 radical (unpaired) electrons. The van der Waals surface area contributed by atoms with Crippen LogP contribution in [0.3, 0.4) is 0 Å². The van der Waals surface area contributed by atoms with Crippen molar-refractivity contribution in [3.05, 3.63) is 89.5 Å². The molecule has 0 bridgehead atoms. The van der Waals surface area contributed by atoms with Gasteiger partial charge in [0, 0.05) is 5.69 Å². The summed E-state index contributed by atoms with van der Waals surface area (Å²) >= 11 is 0. The van der Waals surface area contributed by atoms with E-state index in [0.717, 1.165) is 22.3 Å². The second kappa shape index (κ2) is 9.34. The minimum absolute atomic E-state index is 0.133. The third kappa shape index (κ3) is 5.53. The van der Waals surface area contributed by atoms with Crippen LogP contribution in [0.5, 0.6) is 0 Å². The number of amides is 1. The Kier molecular flexibility index (Phi) is 6.39. The molecule has 0 atom stereocenters. The zero-order valence-corrected chi connectivity index (χ0v) is 16.0. The molecule has 144 valence electrons. The summed E-state index contributed by atoms with van der Waals surface area (Å²) in [5, 5.41) is 11.7. The number of benzene rings is 3. The van der Waals surface area contributed by atoms with E-state index in [1.54, 1.807) is 30.3 Å². The molecule has 0 unspecified atom stereocenters. The van der Waals surface area contributed by atoms with Gasteiger partial charge in [0.25, 0.3) is 0 Å². The minimum Gasteiger partial charge on any atom is -0.469 e. The Morgan fingerprint density at radius 2 is 1.55 bits per heavy atom. The van der Waals surface area contributed by atoms with Crippen LogP contribution in [0.1, 0.15) is 16.7 Å². The molecular formula is C24H20N2O3. The summed E-state index contributed by atoms with van der Waals surface area (Å²) in [5.41, 5.74) is 4.98. The molecule has 0 fully saturated rings. The number of ether oxygens (including phenoxy) is 1. The molecule has 5 nitrogen and oxygen atoms in total. The van der Waals surface area contributed by atoms with Gasteiger partial charge in [-0.25, -0.2) is 0 Å². The molecule has 0 heterocycles. The number of carbonyl (C=O) groups is 2. The summed E-state index contributed by atoms with van der Waals surface area (Å²) < 4.78 is 4.67. The molecule has 3 rings (SSSR count). The molecule has 0 aromatic heterocycles. The van der Waals surface area contributed by atoms with Gasteiger partial charge in [0.15, 0.2) is 0 Å². The Bertz CT molecular complexity index is 1050. The van der Waals surface area contributed by atoms with Gasteiger partial charge in [0.1, 0.15) is 0 Å². The molecule has 29 heavy (non-hydrogen) atoms. The topological polar surface area (TPSA) is 79.2 Å². The number of nitrogens with one attached hydrogen (secondary N) is 1. The first-order valence-corrected chi connectivity index (χ1v) is 9.12. The van der Waals surface area contributed by atoms with Gasteiger partial charge in [-0.15, -0.1) is 0 Å². The number of esters is 1. The average Bonchev–Trinajstić information content (AvgIpc) is 2.74. The second-order valence-electron chi connectivity index (χ2n) is 6.56. The SMILES string of the molecule is COC(=O)Cc1cccc(NC(=O)Cc2ccc(-c3ccc(C#N)cc3)cc2)c1. The van der Waals surface area contributed by atoms with Gasteiger partial charge in [0.05, 0.1) is 31.6 Å². The van der Waals surface area contributed by atoms with E-state index in [4.69, 9.17) is 5.26 Å². The molecule has 0 saturated carbocycles. The summed E-state index contributed by atoms with van der Waals surface area (Å²) in [5.74, 6) is -0.456. The van der Waals surface area contributed by atoms with Crippen molar-refractivity contribution in [1.29, 1.82) is 5.26 Å². The Morgan fingerprint density at radius 1 is 0.897 bits per heavy atom. The number of hydrogen-bond acceptors (Lipinski definition) is 4. The highest BCUT2D eigenvalue weighted by atomic mass is 16.5. The third-order valence-electron chi connectivity index (χ3n) is 4.45. The van der Waals surface area contributed by atoms with Crippen molar-refractivity contribution in [1.82, 2.24) is 0 Å². The summed E-state index contributed by atoms with van der Waals surface area (Å²) in [6, 6.07) is 24.4. The van der Waals surface area contributed by atoms with Gasteiger partial charge < -0.3 is 10.1 Å². The van der Waals surface area contributed by atoms with E-state index in [1.807, 2.05) is 42.5 Å². The van der Waals surface area contributed by atoms with Crippen LogP contribution in [0.15, 0.2) is 72.8 Å². The monoisotopic (exact) mass is 384 g/mol. The van der Waals surface area contributed by atoms with Gasteiger partial charge in [-0.05, 0) is 46.5 Å². The summed E-state index contributed by atoms with van der Waals surface area (Å²) in [6.45, 7) is 0. The van der Waals surface area contributed by atoms with Crippen LogP contribution >= 0.6 is 0 Å². The fourth-order valence-corrected chi connectivity index (χ4v) is 2.94. The Labute approximate surface area is 169 Å². The number of rotatable bonds is 6. The van der Waals surface area contributed by atoms with E-state index in [9.17, 15) is 9.59 Å². The fraction of sp³-hybridized carbons (Fsp3) is 0.125. The molecule has 3 aromatic rings. The van der Waals surface area contributed by atoms with Gasteiger partial charge in [-0.2, -0.15) is 5.26 Å². The maximum atomic E-state index is 12.4. The van der Waals surface area contributed by atoms with E-state index in [0.29, 0.717) is 11.3 Å². The Balaban J connectivity index is 1.61. The second-order valence-corrected chi connectivity index (χ2v) is 6.56. The van der Waals surface area contributed by atoms with Gasteiger partial charge in [-0.3, -0.25) is 9.59 Å². The van der Waals surface area contributed by atoms with Crippen molar-refractivity contribution in [2.24, 2.45) is 0 Å². The Hall–Kier alpha value is -3.91. The van der Waals surface area contributed by atoms with E-state index >= 15 is 0 Å². The lowest BCUT2D eigenvalue weighted by molar-refractivity contribution is -0.139. The van der Waals surface area contributed by atoms with Gasteiger partial charge in [-0.1, -0.05) is 48.5 Å². The molecule has 5 heteroatoms. The summed E-state index contributed by atoms with van der Waals surface area (Å²) in [7, 11) is 1.35. The molecule has 0 spiro atoms. The van der Waals surface area contributed by atoms with Crippen molar-refractivity contribution < 1.29 is 14.3 Å². The van der Waals surface area contributed by atoms with Crippen LogP contribution in [0.4, 0.5) is 5.69 Å². The van der Waals surface area contributed by atoms with Crippen LogP contribution in [-0.4, -0.2) is 19.0 Å². The average molecular weight is 384 g/mol. The van der Waals surface area contributed by atoms with Crippen LogP contribution in [0, 0.1) is 11.3 Å². The van der Waals surface area contributed by atoms with Crippen molar-refractivity contribution >= 4 is 17.6 Å². The van der Waals surface area contributed by atoms with Crippen molar-refractivity contribution in [2.75, 3.05) is 12.4 Å². The molecule has 0 saturated heterocycles. The smallest absolute Gasteiger partial charge is 0.309 e. The van der Waals surface area contributed by atoms with E-state index in [2.05, 4.69) is 16.1 Å². The van der Waals surface area contributed by atoms with E-state index < -0.39 is 0 Å². The highest BCUT2D eigenvalue weighted by Gasteiger charge is 2.07. The first-order valence-electron chi connectivity index (χ1n) is 9.12. The molecule has 3 aromatic carbocycles. The number of carbonyl (C=O) groups excluding carboxylic acids is 2. The highest BCUT2D eigenvalue weighted by Crippen LogP contribution is 2.21. The molecular weight excluding hydrogens is 364 g/mol. The van der Waals surface area contributed by atoms with Crippen LogP contribution < -0.4 is 5.32 Å². The predicted octanol–water partition coefficient (Wildman–Crippen LogP) is 4.12. The van der Waals surface area contributed by atoms with Crippen molar-refractivity contribution in [3.8, 4) is 17.2 Å². The number of hydrogen-bond donors (Lipinski definition) is 1. The summed E-state index contributed by atoms with van der Waals surface area (Å²) in [6.07, 6.45) is 0.409. The first-order chi connectivity index (χ1) is 14.1. The predicted molar refractivity (Wildman–Crippen MR) is 111 cm³/mol. The molecule has 1 N–H and O–H groups in total. The van der Waals surface area contributed by atoms with Gasteiger partial charge >= 0.3 is 5.97 Å². The van der Waals surface area contributed by atoms with Gasteiger partial charge in [0.2, 0.25) is 5.91 Å². The zero-order chi connectivity index (χ0) is 20.6. The fourth-order valence-electron chi connectivity index (χ4n) is 2.94. The zero-order valence-electron chi connectivity index (χ0n) is 16.0. The van der Waals surface area contributed by atoms with Crippen molar-refractivity contribution in [2.45, 2.75) is 12.8 Å². The van der Waals surface area contributed by atoms with Crippen LogP contribution in [0.2, 0.25) is 0 Å². The molecule has 0 aliphatic rings. The quantitative estimate of drug-likeness (QED) is 0.648. The van der Waals surface area contributed by atoms with Crippen LogP contribution in [-0.2, 0) is 27.2 Å². The third-order valence-corrected chi connectivity index (χ3v) is 4.45. The largest absolute Gasteiger partial charge is 0.469 e. The van der Waals surface area contributed by atoms with Crippen molar-refractivity contribution in [3.63, 3.8) is 0 Å². The maximum absolute atomic E-state index is 12.4. The number of methoxy groups -OCH3 is 1. The van der Waals surface area contributed by atoms with Crippen LogP contribution in [0.25, 0.3) is 11.1 Å². The minimum atomic E-state index is -0.323. The number of nitrogens with zero attached hydrogens (tertiary/aromatic N) is 1. The van der Waals surface area contributed by atoms with E-state index in [1.165, 1.54) is 7.11 Å². The first kappa shape index (κ1) is 19.8. The Morgan fingerprint density at radius 3 is 2.17 bits per heavy atom. The molecule has 0 aliphatic heterocycles. The standard InChI is InChI=1S/C24H20N2O3/c1-29-24(28)15-19-3-2-4-22(13-19)26-23(27)14-17-5-9-20(10-6-17)21-11-7-18(16-25)8-12-21/h2-13H,14-15H2,1H3,(H,26,27). The lowest BCUT2D eigenvalue weighted by Gasteiger charge is -2.08. The maximum Gasteiger partial charge on any atom is 0.309 e. The molecule has 1 amide bonds. The number of nitriles is 1. The lowest BCUT2D eigenvalue weighted by atomic mass is 10.0.